The molecule has 4 heteroatoms. The maximum absolute atomic E-state index is 12.7. The normalized spacial score (nSPS) is 11.5. The first-order valence-electron chi connectivity index (χ1n) is 10.4. The first-order valence-corrected chi connectivity index (χ1v) is 10.4. The minimum absolute atomic E-state index is 0.176. The van der Waals surface area contributed by atoms with Gasteiger partial charge in [0.1, 0.15) is 11.3 Å². The molecule has 1 heterocycles. The molecule has 1 aromatic heterocycles. The lowest BCUT2D eigenvalue weighted by molar-refractivity contribution is -0.111. The predicted octanol–water partition coefficient (Wildman–Crippen LogP) is 6.85. The first kappa shape index (κ1) is 20.5. The molecule has 1 N–H and O–H groups in total. The topological polar surface area (TPSA) is 51.5 Å². The summed E-state index contributed by atoms with van der Waals surface area (Å²) in [5.74, 6) is 0.520. The zero-order valence-electron chi connectivity index (χ0n) is 17.9. The van der Waals surface area contributed by atoms with Crippen LogP contribution in [0.25, 0.3) is 27.7 Å². The van der Waals surface area contributed by atoms with E-state index in [0.717, 1.165) is 44.5 Å². The average Bonchev–Trinajstić information content (AvgIpc) is 3.18. The molecule has 0 saturated heterocycles. The van der Waals surface area contributed by atoms with Gasteiger partial charge < -0.3 is 14.5 Å². The van der Waals surface area contributed by atoms with Crippen LogP contribution in [0.4, 0.5) is 5.69 Å². The Bertz CT molecular complexity index is 1250. The number of anilines is 1. The summed E-state index contributed by atoms with van der Waals surface area (Å²) >= 11 is 0. The number of hydrogen-bond acceptors (Lipinski definition) is 3. The molecule has 0 aliphatic heterocycles. The number of benzene rings is 3. The zero-order chi connectivity index (χ0) is 21.8. The molecule has 31 heavy (non-hydrogen) atoms. The third-order valence-electron chi connectivity index (χ3n) is 5.24. The predicted molar refractivity (Wildman–Crippen MR) is 126 cm³/mol. The number of hydrogen-bond donors (Lipinski definition) is 1. The number of aryl methyl sites for hydroxylation is 1. The lowest BCUT2D eigenvalue weighted by Gasteiger charge is -2.12. The number of fused-ring (bicyclic) bond motifs is 1. The number of furan rings is 1. The molecule has 0 aliphatic carbocycles. The van der Waals surface area contributed by atoms with Crippen molar-refractivity contribution in [3.63, 3.8) is 0 Å². The zero-order valence-corrected chi connectivity index (χ0v) is 17.9. The van der Waals surface area contributed by atoms with Crippen LogP contribution in [0, 0.1) is 6.92 Å². The highest BCUT2D eigenvalue weighted by Crippen LogP contribution is 2.37. The van der Waals surface area contributed by atoms with E-state index in [4.69, 9.17) is 9.15 Å². The van der Waals surface area contributed by atoms with E-state index in [1.807, 2.05) is 75.4 Å². The van der Waals surface area contributed by atoms with E-state index in [1.54, 1.807) is 12.3 Å². The van der Waals surface area contributed by atoms with Crippen molar-refractivity contribution < 1.29 is 13.9 Å². The van der Waals surface area contributed by atoms with Gasteiger partial charge in [-0.15, -0.1) is 0 Å². The molecule has 0 bridgehead atoms. The maximum Gasteiger partial charge on any atom is 0.248 e. The standard InChI is InChI=1S/C27H25NO3/c1-4-30-25-16-26-22(23(17-31-26)20-11-6-5-7-12-20)15-21(25)19(3)14-27(29)28-24-13-9-8-10-18(24)2/h5-17H,4H2,1-3H3,(H,28,29)/b19-14+. The first-order chi connectivity index (χ1) is 15.1. The fourth-order valence-corrected chi connectivity index (χ4v) is 3.64. The van der Waals surface area contributed by atoms with Crippen molar-refractivity contribution in [2.75, 3.05) is 11.9 Å². The Morgan fingerprint density at radius 2 is 1.81 bits per heavy atom. The second-order valence-electron chi connectivity index (χ2n) is 7.42. The molecule has 0 atom stereocenters. The summed E-state index contributed by atoms with van der Waals surface area (Å²) in [6.07, 6.45) is 3.38. The lowest BCUT2D eigenvalue weighted by Crippen LogP contribution is -2.09. The Labute approximate surface area is 182 Å². The molecule has 156 valence electrons. The van der Waals surface area contributed by atoms with Crippen molar-refractivity contribution >= 4 is 28.1 Å². The van der Waals surface area contributed by atoms with Gasteiger partial charge in [0, 0.05) is 34.3 Å². The number of amides is 1. The number of carbonyl (C=O) groups excluding carboxylic acids is 1. The fraction of sp³-hybridized carbons (Fsp3) is 0.148. The fourth-order valence-electron chi connectivity index (χ4n) is 3.64. The van der Waals surface area contributed by atoms with Crippen LogP contribution in [-0.2, 0) is 4.79 Å². The van der Waals surface area contributed by atoms with E-state index in [1.165, 1.54) is 0 Å². The molecule has 3 aromatic carbocycles. The van der Waals surface area contributed by atoms with Crippen LogP contribution < -0.4 is 10.1 Å². The van der Waals surface area contributed by atoms with Crippen molar-refractivity contribution in [2.45, 2.75) is 20.8 Å². The molecule has 4 aromatic rings. The lowest BCUT2D eigenvalue weighted by atomic mass is 9.99. The van der Waals surface area contributed by atoms with Crippen molar-refractivity contribution in [3.05, 3.63) is 90.2 Å². The number of carbonyl (C=O) groups is 1. The van der Waals surface area contributed by atoms with E-state index in [2.05, 4.69) is 17.4 Å². The summed E-state index contributed by atoms with van der Waals surface area (Å²) in [6.45, 7) is 6.35. The summed E-state index contributed by atoms with van der Waals surface area (Å²) in [5.41, 5.74) is 6.35. The molecule has 4 nitrogen and oxygen atoms in total. The van der Waals surface area contributed by atoms with E-state index < -0.39 is 0 Å². The highest BCUT2D eigenvalue weighted by Gasteiger charge is 2.15. The van der Waals surface area contributed by atoms with Crippen molar-refractivity contribution in [1.82, 2.24) is 0 Å². The minimum atomic E-state index is -0.176. The monoisotopic (exact) mass is 411 g/mol. The Hall–Kier alpha value is -3.79. The molecule has 0 aliphatic rings. The number of allylic oxidation sites excluding steroid dienone is 1. The van der Waals surface area contributed by atoms with Crippen LogP contribution in [0.5, 0.6) is 5.75 Å². The Morgan fingerprint density at radius 1 is 1.06 bits per heavy atom. The van der Waals surface area contributed by atoms with Gasteiger partial charge in [-0.25, -0.2) is 0 Å². The van der Waals surface area contributed by atoms with Crippen LogP contribution in [0.2, 0.25) is 0 Å². The molecule has 0 unspecified atom stereocenters. The summed E-state index contributed by atoms with van der Waals surface area (Å²) in [5, 5.41) is 3.94. The number of rotatable bonds is 6. The molecule has 0 saturated carbocycles. The number of ether oxygens (including phenoxy) is 1. The molecule has 0 fully saturated rings. The SMILES string of the molecule is CCOc1cc2occ(-c3ccccc3)c2cc1/C(C)=C/C(=O)Nc1ccccc1C. The van der Waals surface area contributed by atoms with Crippen LogP contribution in [-0.4, -0.2) is 12.5 Å². The van der Waals surface area contributed by atoms with E-state index >= 15 is 0 Å². The van der Waals surface area contributed by atoms with Gasteiger partial charge >= 0.3 is 0 Å². The van der Waals surface area contributed by atoms with Gasteiger partial charge in [0.15, 0.2) is 0 Å². The van der Waals surface area contributed by atoms with E-state index in [-0.39, 0.29) is 5.91 Å². The van der Waals surface area contributed by atoms with Gasteiger partial charge in [-0.1, -0.05) is 48.5 Å². The summed E-state index contributed by atoms with van der Waals surface area (Å²) in [7, 11) is 0. The van der Waals surface area contributed by atoms with Crippen LogP contribution in [0.1, 0.15) is 25.0 Å². The van der Waals surface area contributed by atoms with Crippen molar-refractivity contribution in [2.24, 2.45) is 0 Å². The van der Waals surface area contributed by atoms with Crippen LogP contribution in [0.15, 0.2) is 83.5 Å². The second-order valence-corrected chi connectivity index (χ2v) is 7.42. The van der Waals surface area contributed by atoms with Crippen LogP contribution >= 0.6 is 0 Å². The minimum Gasteiger partial charge on any atom is -0.493 e. The van der Waals surface area contributed by atoms with Gasteiger partial charge in [-0.05, 0) is 49.6 Å². The Morgan fingerprint density at radius 3 is 2.55 bits per heavy atom. The third-order valence-corrected chi connectivity index (χ3v) is 5.24. The largest absolute Gasteiger partial charge is 0.493 e. The molecular weight excluding hydrogens is 386 g/mol. The van der Waals surface area contributed by atoms with Gasteiger partial charge in [0.05, 0.1) is 12.9 Å². The highest BCUT2D eigenvalue weighted by molar-refractivity contribution is 6.05. The number of para-hydroxylation sites is 1. The van der Waals surface area contributed by atoms with E-state index in [0.29, 0.717) is 12.4 Å². The summed E-state index contributed by atoms with van der Waals surface area (Å²) < 4.78 is 11.7. The smallest absolute Gasteiger partial charge is 0.248 e. The highest BCUT2D eigenvalue weighted by atomic mass is 16.5. The molecule has 0 radical (unpaired) electrons. The van der Waals surface area contributed by atoms with Gasteiger partial charge in [-0.3, -0.25) is 4.79 Å². The van der Waals surface area contributed by atoms with Crippen molar-refractivity contribution in [3.8, 4) is 16.9 Å². The molecular formula is C27H25NO3. The van der Waals surface area contributed by atoms with Crippen molar-refractivity contribution in [1.29, 1.82) is 0 Å². The Kier molecular flexibility index (Phi) is 5.89. The van der Waals surface area contributed by atoms with E-state index in [9.17, 15) is 4.79 Å². The third kappa shape index (κ3) is 4.38. The van der Waals surface area contributed by atoms with Gasteiger partial charge in [-0.2, -0.15) is 0 Å². The summed E-state index contributed by atoms with van der Waals surface area (Å²) in [4.78, 5) is 12.7. The molecule has 0 spiro atoms. The Balaban J connectivity index is 1.73. The van der Waals surface area contributed by atoms with Crippen LogP contribution in [0.3, 0.4) is 0 Å². The molecule has 4 rings (SSSR count). The number of nitrogens with one attached hydrogen (secondary N) is 1. The summed E-state index contributed by atoms with van der Waals surface area (Å²) in [6, 6.07) is 21.8. The van der Waals surface area contributed by atoms with Gasteiger partial charge in [0.2, 0.25) is 5.91 Å². The van der Waals surface area contributed by atoms with Gasteiger partial charge in [0.25, 0.3) is 0 Å². The average molecular weight is 412 g/mol. The quantitative estimate of drug-likeness (QED) is 0.353. The molecule has 1 amide bonds. The maximum atomic E-state index is 12.7. The second kappa shape index (κ2) is 8.92.